The molecule has 0 bridgehead atoms. The molecule has 0 aliphatic heterocycles. The van der Waals surface area contributed by atoms with Crippen molar-refractivity contribution in [2.45, 2.75) is 39.2 Å². The fourth-order valence-corrected chi connectivity index (χ4v) is 4.06. The summed E-state index contributed by atoms with van der Waals surface area (Å²) in [5.74, 6) is 0.597. The molecule has 0 radical (unpaired) electrons. The fourth-order valence-electron chi connectivity index (χ4n) is 2.33. The van der Waals surface area contributed by atoms with E-state index in [1.165, 1.54) is 20.5 Å². The smallest absolute Gasteiger partial charge is 0.0467 e. The minimum atomic E-state index is 0.388. The van der Waals surface area contributed by atoms with Crippen LogP contribution in [0, 0.1) is 0 Å². The molecule has 0 amide bonds. The van der Waals surface area contributed by atoms with Gasteiger partial charge < -0.3 is 5.32 Å². The van der Waals surface area contributed by atoms with E-state index < -0.39 is 0 Å². The summed E-state index contributed by atoms with van der Waals surface area (Å²) in [5, 5.41) is 5.74. The number of halogens is 1. The molecule has 0 saturated carbocycles. The molecule has 0 aliphatic carbocycles. The highest BCUT2D eigenvalue weighted by Crippen LogP contribution is 2.31. The number of hydrogen-bond donors (Lipinski definition) is 1. The number of rotatable bonds is 6. The molecule has 1 atom stereocenters. The molecule has 0 saturated heterocycles. The molecule has 2 rings (SSSR count). The first-order chi connectivity index (χ1) is 9.61. The zero-order chi connectivity index (χ0) is 14.5. The third-order valence-electron chi connectivity index (χ3n) is 3.50. The van der Waals surface area contributed by atoms with Gasteiger partial charge in [0.1, 0.15) is 0 Å². The van der Waals surface area contributed by atoms with Crippen LogP contribution in [0.15, 0.2) is 40.2 Å². The number of thiophene rings is 1. The summed E-state index contributed by atoms with van der Waals surface area (Å²) in [6.45, 7) is 7.62. The average molecular weight is 352 g/mol. The first-order valence-corrected chi connectivity index (χ1v) is 8.84. The van der Waals surface area contributed by atoms with Crippen molar-refractivity contribution in [1.29, 1.82) is 0 Å². The Morgan fingerprint density at radius 1 is 1.15 bits per heavy atom. The Morgan fingerprint density at radius 2 is 1.85 bits per heavy atom. The van der Waals surface area contributed by atoms with Crippen molar-refractivity contribution < 1.29 is 0 Å². The predicted molar refractivity (Wildman–Crippen MR) is 92.7 cm³/mol. The topological polar surface area (TPSA) is 12.0 Å². The summed E-state index contributed by atoms with van der Waals surface area (Å²) in [7, 11) is 0. The summed E-state index contributed by atoms with van der Waals surface area (Å²) < 4.78 is 1.22. The summed E-state index contributed by atoms with van der Waals surface area (Å²) >= 11 is 5.47. The Labute approximate surface area is 134 Å². The van der Waals surface area contributed by atoms with E-state index >= 15 is 0 Å². The second-order valence-electron chi connectivity index (χ2n) is 5.34. The Hall–Kier alpha value is -0.640. The van der Waals surface area contributed by atoms with Crippen LogP contribution in [0.25, 0.3) is 0 Å². The van der Waals surface area contributed by atoms with E-state index in [0.717, 1.165) is 13.0 Å². The zero-order valence-corrected chi connectivity index (χ0v) is 14.7. The third kappa shape index (κ3) is 3.94. The lowest BCUT2D eigenvalue weighted by Crippen LogP contribution is -2.22. The molecule has 1 nitrogen and oxygen atoms in total. The molecule has 0 spiro atoms. The van der Waals surface area contributed by atoms with Crippen molar-refractivity contribution in [3.8, 4) is 0 Å². The van der Waals surface area contributed by atoms with Gasteiger partial charge in [0.25, 0.3) is 0 Å². The van der Waals surface area contributed by atoms with Crippen molar-refractivity contribution in [3.05, 3.63) is 56.2 Å². The van der Waals surface area contributed by atoms with Gasteiger partial charge in [0.05, 0.1) is 0 Å². The molecule has 1 aromatic carbocycles. The summed E-state index contributed by atoms with van der Waals surface area (Å²) in [6, 6.07) is 11.6. The van der Waals surface area contributed by atoms with Gasteiger partial charge in [-0.1, -0.05) is 45.0 Å². The van der Waals surface area contributed by atoms with Gasteiger partial charge in [-0.05, 0) is 57.4 Å². The largest absolute Gasteiger partial charge is 0.309 e. The van der Waals surface area contributed by atoms with Crippen LogP contribution in [0.2, 0.25) is 0 Å². The van der Waals surface area contributed by atoms with Crippen LogP contribution < -0.4 is 5.32 Å². The molecule has 2 aromatic rings. The van der Waals surface area contributed by atoms with Gasteiger partial charge in [0.2, 0.25) is 0 Å². The second-order valence-corrected chi connectivity index (χ2v) is 7.15. The van der Waals surface area contributed by atoms with E-state index in [9.17, 15) is 0 Å². The quantitative estimate of drug-likeness (QED) is 0.721. The SMILES string of the molecule is CCNC(Cc1ccc(C(C)C)cc1)c1sccc1Br. The van der Waals surface area contributed by atoms with E-state index in [1.54, 1.807) is 0 Å². The molecule has 3 heteroatoms. The van der Waals surface area contributed by atoms with Crippen LogP contribution in [-0.4, -0.2) is 6.54 Å². The maximum Gasteiger partial charge on any atom is 0.0467 e. The first kappa shape index (κ1) is 15.7. The molecule has 0 aliphatic rings. The van der Waals surface area contributed by atoms with Gasteiger partial charge in [-0.3, -0.25) is 0 Å². The maximum absolute atomic E-state index is 3.65. The molecule has 1 unspecified atom stereocenters. The standard InChI is InChI=1S/C17H22BrNS/c1-4-19-16(17-15(18)9-10-20-17)11-13-5-7-14(8-6-13)12(2)3/h5-10,12,16,19H,4,11H2,1-3H3. The lowest BCUT2D eigenvalue weighted by molar-refractivity contribution is 0.556. The monoisotopic (exact) mass is 351 g/mol. The highest BCUT2D eigenvalue weighted by atomic mass is 79.9. The van der Waals surface area contributed by atoms with Gasteiger partial charge in [-0.25, -0.2) is 0 Å². The molecule has 0 fully saturated rings. The van der Waals surface area contributed by atoms with Crippen molar-refractivity contribution in [2.24, 2.45) is 0 Å². The van der Waals surface area contributed by atoms with Crippen LogP contribution in [0.4, 0.5) is 0 Å². The number of nitrogens with one attached hydrogen (secondary N) is 1. The molecule has 1 heterocycles. The molecule has 20 heavy (non-hydrogen) atoms. The first-order valence-electron chi connectivity index (χ1n) is 7.17. The third-order valence-corrected chi connectivity index (χ3v) is 5.48. The van der Waals surface area contributed by atoms with Crippen molar-refractivity contribution >= 4 is 27.3 Å². The number of benzene rings is 1. The Balaban J connectivity index is 2.14. The van der Waals surface area contributed by atoms with Gasteiger partial charge in [0.15, 0.2) is 0 Å². The van der Waals surface area contributed by atoms with Crippen LogP contribution in [-0.2, 0) is 6.42 Å². The molecule has 1 N–H and O–H groups in total. The van der Waals surface area contributed by atoms with Crippen LogP contribution in [0.1, 0.15) is 48.7 Å². The maximum atomic E-state index is 3.65. The fraction of sp³-hybridized carbons (Fsp3) is 0.412. The van der Waals surface area contributed by atoms with Gasteiger partial charge in [-0.15, -0.1) is 11.3 Å². The molecular weight excluding hydrogens is 330 g/mol. The summed E-state index contributed by atoms with van der Waals surface area (Å²) in [5.41, 5.74) is 2.80. The zero-order valence-electron chi connectivity index (χ0n) is 12.3. The number of likely N-dealkylation sites (N-methyl/N-ethyl adjacent to an activating group) is 1. The number of hydrogen-bond acceptors (Lipinski definition) is 2. The predicted octanol–water partition coefficient (Wildman–Crippen LogP) is 5.53. The van der Waals surface area contributed by atoms with E-state index in [0.29, 0.717) is 12.0 Å². The minimum Gasteiger partial charge on any atom is -0.309 e. The van der Waals surface area contributed by atoms with Gasteiger partial charge in [0, 0.05) is 15.4 Å². The van der Waals surface area contributed by atoms with E-state index in [-0.39, 0.29) is 0 Å². The Kier molecular flexibility index (Phi) is 5.82. The second kappa shape index (κ2) is 7.39. The van der Waals surface area contributed by atoms with Crippen molar-refractivity contribution in [1.82, 2.24) is 5.32 Å². The van der Waals surface area contributed by atoms with Crippen LogP contribution in [0.3, 0.4) is 0 Å². The average Bonchev–Trinajstić information content (AvgIpc) is 2.85. The lowest BCUT2D eigenvalue weighted by Gasteiger charge is -2.18. The molecular formula is C17H22BrNS. The Bertz CT molecular complexity index is 530. The normalized spacial score (nSPS) is 12.8. The van der Waals surface area contributed by atoms with E-state index in [1.807, 2.05) is 11.3 Å². The lowest BCUT2D eigenvalue weighted by atomic mass is 9.98. The highest BCUT2D eigenvalue weighted by molar-refractivity contribution is 9.10. The van der Waals surface area contributed by atoms with Crippen LogP contribution >= 0.6 is 27.3 Å². The Morgan fingerprint density at radius 3 is 2.35 bits per heavy atom. The minimum absolute atomic E-state index is 0.388. The van der Waals surface area contributed by atoms with Gasteiger partial charge >= 0.3 is 0 Å². The summed E-state index contributed by atoms with van der Waals surface area (Å²) in [4.78, 5) is 1.39. The summed E-state index contributed by atoms with van der Waals surface area (Å²) in [6.07, 6.45) is 1.03. The van der Waals surface area contributed by atoms with E-state index in [4.69, 9.17) is 0 Å². The van der Waals surface area contributed by atoms with Crippen LogP contribution in [0.5, 0.6) is 0 Å². The van der Waals surface area contributed by atoms with Crippen molar-refractivity contribution in [3.63, 3.8) is 0 Å². The molecule has 1 aromatic heterocycles. The van der Waals surface area contributed by atoms with Gasteiger partial charge in [-0.2, -0.15) is 0 Å². The van der Waals surface area contributed by atoms with E-state index in [2.05, 4.69) is 77.7 Å². The molecule has 108 valence electrons. The van der Waals surface area contributed by atoms with Crippen molar-refractivity contribution in [2.75, 3.05) is 6.54 Å². The highest BCUT2D eigenvalue weighted by Gasteiger charge is 2.15.